The van der Waals surface area contributed by atoms with Crippen LogP contribution in [0.4, 0.5) is 5.69 Å². The largest absolute Gasteiger partial charge is 0.335 e. The summed E-state index contributed by atoms with van der Waals surface area (Å²) < 4.78 is 7.74. The minimum Gasteiger partial charge on any atom is -0.335 e. The molecule has 0 saturated carbocycles. The van der Waals surface area contributed by atoms with Crippen molar-refractivity contribution in [2.75, 3.05) is 11.4 Å². The first-order valence-corrected chi connectivity index (χ1v) is 16.7. The second kappa shape index (κ2) is 11.2. The highest BCUT2D eigenvalue weighted by molar-refractivity contribution is 8.03. The van der Waals surface area contributed by atoms with Crippen molar-refractivity contribution >= 4 is 72.7 Å². The minimum absolute atomic E-state index is 0.0519. The van der Waals surface area contributed by atoms with Gasteiger partial charge in [0.15, 0.2) is 0 Å². The third-order valence-electron chi connectivity index (χ3n) is 8.45. The second-order valence-corrected chi connectivity index (χ2v) is 12.7. The Labute approximate surface area is 259 Å². The minimum atomic E-state index is 0.0519. The van der Waals surface area contributed by atoms with Crippen molar-refractivity contribution in [1.29, 1.82) is 0 Å². The molecule has 0 aliphatic carbocycles. The summed E-state index contributed by atoms with van der Waals surface area (Å²) in [5.41, 5.74) is 3.49. The normalized spacial score (nSPS) is 15.2. The number of thioether (sulfide) groups is 1. The number of benzene rings is 4. The molecule has 1 aliphatic rings. The van der Waals surface area contributed by atoms with E-state index in [1.54, 1.807) is 23.1 Å². The molecule has 5 nitrogen and oxygen atoms in total. The number of thiazole rings is 1. The highest BCUT2D eigenvalue weighted by Gasteiger charge is 2.26. The van der Waals surface area contributed by atoms with Gasteiger partial charge in [-0.15, -0.1) is 0 Å². The standard InChI is InChI=1S/C36H35N4OS2/c1-5-37-29(20-22-32-40(8-4)34-26-15-11-9-13-24(26)18-21-30(34)42-32)36(41)39(7-3)31(37)23-33-38(6-2)28-19-17-25-14-10-12-16-27(25)35(28)43-33/h9-23H,5-8H2,1-4H3/q+1/b29-20-,32-22-. The van der Waals surface area contributed by atoms with Gasteiger partial charge in [0.05, 0.1) is 16.8 Å². The van der Waals surface area contributed by atoms with Crippen LogP contribution < -0.4 is 25.9 Å². The van der Waals surface area contributed by atoms with Crippen LogP contribution in [0, 0.1) is 0 Å². The Morgan fingerprint density at radius 1 is 0.767 bits per heavy atom. The average Bonchev–Trinajstić information content (AvgIpc) is 3.68. The molecule has 7 rings (SSSR count). The molecule has 0 amide bonds. The van der Waals surface area contributed by atoms with Crippen LogP contribution in [0.3, 0.4) is 0 Å². The number of aryl methyl sites for hydroxylation is 1. The van der Waals surface area contributed by atoms with Gasteiger partial charge in [-0.2, -0.15) is 4.57 Å². The number of allylic oxidation sites excluding steroid dienone is 1. The van der Waals surface area contributed by atoms with Crippen molar-refractivity contribution < 1.29 is 4.57 Å². The molecule has 0 unspecified atom stereocenters. The van der Waals surface area contributed by atoms with E-state index in [0.29, 0.717) is 13.1 Å². The van der Waals surface area contributed by atoms with Crippen LogP contribution in [0.2, 0.25) is 0 Å². The van der Waals surface area contributed by atoms with Gasteiger partial charge >= 0.3 is 0 Å². The fourth-order valence-electron chi connectivity index (χ4n) is 6.42. The number of anilines is 1. The van der Waals surface area contributed by atoms with Crippen LogP contribution in [0.15, 0.2) is 93.6 Å². The number of nitrogens with zero attached hydrogens (tertiary/aromatic N) is 4. The number of fused-ring (bicyclic) bond motifs is 6. The number of hydrogen-bond acceptors (Lipinski definition) is 4. The van der Waals surface area contributed by atoms with Gasteiger partial charge in [-0.3, -0.25) is 9.36 Å². The number of hydrogen-bond donors (Lipinski definition) is 0. The average molecular weight is 604 g/mol. The van der Waals surface area contributed by atoms with Gasteiger partial charge in [0.1, 0.15) is 22.1 Å². The first kappa shape index (κ1) is 27.7. The molecule has 0 fully saturated rings. The molecule has 4 aromatic carbocycles. The molecule has 2 aromatic heterocycles. The maximum atomic E-state index is 13.9. The van der Waals surface area contributed by atoms with Crippen molar-refractivity contribution in [1.82, 2.24) is 9.13 Å². The number of imidazole rings is 1. The second-order valence-electron chi connectivity index (χ2n) is 10.7. The molecule has 0 N–H and O–H groups in total. The first-order valence-electron chi connectivity index (χ1n) is 15.1. The summed E-state index contributed by atoms with van der Waals surface area (Å²) in [4.78, 5) is 17.5. The van der Waals surface area contributed by atoms with Gasteiger partial charge in [0.2, 0.25) is 5.52 Å². The molecule has 43 heavy (non-hydrogen) atoms. The lowest BCUT2D eigenvalue weighted by Crippen LogP contribution is -2.36. The lowest BCUT2D eigenvalue weighted by Gasteiger charge is -2.19. The maximum Gasteiger partial charge on any atom is 0.276 e. The lowest BCUT2D eigenvalue weighted by atomic mass is 10.1. The molecular weight excluding hydrogens is 569 g/mol. The lowest BCUT2D eigenvalue weighted by molar-refractivity contribution is -0.665. The number of rotatable bonds is 6. The van der Waals surface area contributed by atoms with Crippen molar-refractivity contribution in [3.8, 4) is 0 Å². The SMILES string of the molecule is CCN1/C(=C/C=c2/c(=O)n(CC)/c(=C\c3sc4c5ccccc5ccc4[n+]3CC)n2CC)Sc2ccc3ccccc3c21. The van der Waals surface area contributed by atoms with Gasteiger partial charge in [-0.25, -0.2) is 0 Å². The van der Waals surface area contributed by atoms with E-state index in [4.69, 9.17) is 0 Å². The Morgan fingerprint density at radius 3 is 2.19 bits per heavy atom. The zero-order valence-electron chi connectivity index (χ0n) is 25.0. The molecule has 3 heterocycles. The summed E-state index contributed by atoms with van der Waals surface area (Å²) in [6.45, 7) is 11.6. The molecule has 216 valence electrons. The van der Waals surface area contributed by atoms with E-state index < -0.39 is 0 Å². The van der Waals surface area contributed by atoms with Crippen LogP contribution >= 0.6 is 23.1 Å². The van der Waals surface area contributed by atoms with E-state index in [9.17, 15) is 4.79 Å². The van der Waals surface area contributed by atoms with Crippen LogP contribution in [-0.4, -0.2) is 15.7 Å². The fraction of sp³-hybridized carbons (Fsp3) is 0.222. The Morgan fingerprint density at radius 2 is 1.47 bits per heavy atom. The zero-order valence-corrected chi connectivity index (χ0v) is 26.6. The molecule has 0 atom stereocenters. The van der Waals surface area contributed by atoms with Gasteiger partial charge in [0.25, 0.3) is 10.6 Å². The third-order valence-corrected chi connectivity index (χ3v) is 10.7. The van der Waals surface area contributed by atoms with Crippen LogP contribution in [0.5, 0.6) is 0 Å². The van der Waals surface area contributed by atoms with E-state index >= 15 is 0 Å². The maximum absolute atomic E-state index is 13.9. The summed E-state index contributed by atoms with van der Waals surface area (Å²) in [6, 6.07) is 26.0. The zero-order chi connectivity index (χ0) is 29.7. The summed E-state index contributed by atoms with van der Waals surface area (Å²) in [5, 5.41) is 8.05. The Bertz CT molecular complexity index is 2250. The van der Waals surface area contributed by atoms with E-state index in [2.05, 4.69) is 127 Å². The molecule has 0 bridgehead atoms. The van der Waals surface area contributed by atoms with E-state index in [1.165, 1.54) is 42.3 Å². The summed E-state index contributed by atoms with van der Waals surface area (Å²) in [5.74, 6) is 0. The molecule has 6 aromatic rings. The van der Waals surface area contributed by atoms with Crippen LogP contribution in [0.1, 0.15) is 32.7 Å². The van der Waals surface area contributed by atoms with Gasteiger partial charge < -0.3 is 9.47 Å². The molecule has 0 saturated heterocycles. The van der Waals surface area contributed by atoms with Crippen LogP contribution in [0.25, 0.3) is 43.9 Å². The Hall–Kier alpha value is -4.07. The molecule has 0 spiro atoms. The van der Waals surface area contributed by atoms with E-state index in [1.807, 2.05) is 10.6 Å². The number of aromatic nitrogens is 3. The third kappa shape index (κ3) is 4.45. The monoisotopic (exact) mass is 603 g/mol. The van der Waals surface area contributed by atoms with Crippen molar-refractivity contribution in [3.05, 3.63) is 110 Å². The van der Waals surface area contributed by atoms with Crippen molar-refractivity contribution in [2.45, 2.75) is 52.2 Å². The fourth-order valence-corrected chi connectivity index (χ4v) is 8.85. The highest BCUT2D eigenvalue weighted by atomic mass is 32.2. The topological polar surface area (TPSA) is 34.0 Å². The van der Waals surface area contributed by atoms with Gasteiger partial charge in [-0.1, -0.05) is 77.7 Å². The predicted molar refractivity (Wildman–Crippen MR) is 183 cm³/mol. The first-order chi connectivity index (χ1) is 21.1. The van der Waals surface area contributed by atoms with E-state index in [0.717, 1.165) is 34.0 Å². The molecule has 1 aliphatic heterocycles. The van der Waals surface area contributed by atoms with Gasteiger partial charge in [0, 0.05) is 41.4 Å². The molecular formula is C36H35N4OS2+. The van der Waals surface area contributed by atoms with E-state index in [-0.39, 0.29) is 5.56 Å². The van der Waals surface area contributed by atoms with Crippen molar-refractivity contribution in [2.24, 2.45) is 0 Å². The Balaban J connectivity index is 1.40. The highest BCUT2D eigenvalue weighted by Crippen LogP contribution is 2.49. The Kier molecular flexibility index (Phi) is 7.23. The van der Waals surface area contributed by atoms with Crippen molar-refractivity contribution in [3.63, 3.8) is 0 Å². The molecule has 7 heteroatoms. The summed E-state index contributed by atoms with van der Waals surface area (Å²) in [6.07, 6.45) is 6.38. The predicted octanol–water partition coefficient (Wildman–Crippen LogP) is 6.60. The molecule has 0 radical (unpaired) electrons. The summed E-state index contributed by atoms with van der Waals surface area (Å²) in [7, 11) is 0. The smallest absolute Gasteiger partial charge is 0.276 e. The van der Waals surface area contributed by atoms with Gasteiger partial charge in [-0.05, 0) is 62.8 Å². The quantitative estimate of drug-likeness (QED) is 0.201. The van der Waals surface area contributed by atoms with Crippen LogP contribution in [-0.2, 0) is 19.6 Å². The summed E-state index contributed by atoms with van der Waals surface area (Å²) >= 11 is 3.58.